The number of hydrogen-bond acceptors (Lipinski definition) is 2. The lowest BCUT2D eigenvalue weighted by Gasteiger charge is -2.16. The first-order valence-corrected chi connectivity index (χ1v) is 8.46. The zero-order valence-electron chi connectivity index (χ0n) is 12.3. The first-order valence-electron chi connectivity index (χ1n) is 6.75. The second kappa shape index (κ2) is 7.32. The van der Waals surface area contributed by atoms with Crippen molar-refractivity contribution in [1.82, 2.24) is 0 Å². The lowest BCUT2D eigenvalue weighted by Crippen LogP contribution is -2.06. The Kier molecular flexibility index (Phi) is 5.71. The summed E-state index contributed by atoms with van der Waals surface area (Å²) in [5.41, 5.74) is 2.30. The molecule has 0 spiro atoms. The van der Waals surface area contributed by atoms with E-state index in [0.717, 1.165) is 27.1 Å². The maximum absolute atomic E-state index is 5.76. The van der Waals surface area contributed by atoms with Gasteiger partial charge in [0.2, 0.25) is 0 Å². The molecule has 112 valence electrons. The van der Waals surface area contributed by atoms with Gasteiger partial charge in [0.25, 0.3) is 0 Å². The summed E-state index contributed by atoms with van der Waals surface area (Å²) in [5.74, 6) is 1.72. The third-order valence-corrected chi connectivity index (χ3v) is 4.71. The van der Waals surface area contributed by atoms with Gasteiger partial charge in [0.1, 0.15) is 11.5 Å². The van der Waals surface area contributed by atoms with Crippen LogP contribution in [-0.2, 0) is 0 Å². The minimum Gasteiger partial charge on any atom is -0.497 e. The van der Waals surface area contributed by atoms with Crippen LogP contribution in [0, 0.1) is 0 Å². The van der Waals surface area contributed by atoms with E-state index in [1.807, 2.05) is 38.1 Å². The highest BCUT2D eigenvalue weighted by Gasteiger charge is 2.15. The highest BCUT2D eigenvalue weighted by atomic mass is 79.9. The van der Waals surface area contributed by atoms with Crippen LogP contribution in [0.2, 0.25) is 0 Å². The quantitative estimate of drug-likeness (QED) is 0.582. The summed E-state index contributed by atoms with van der Waals surface area (Å²) in [6.45, 7) is 4.05. The molecule has 0 fully saturated rings. The number of hydrogen-bond donors (Lipinski definition) is 0. The third kappa shape index (κ3) is 4.24. The standard InChI is InChI=1S/C17H18Br2O2/c1-11(2)21-14-6-4-5-12(9-14)17(19)15-8-7-13(20-3)10-16(15)18/h4-11,17H,1-3H3. The molecule has 0 radical (unpaired) electrons. The molecular formula is C17H18Br2O2. The van der Waals surface area contributed by atoms with Crippen molar-refractivity contribution in [2.24, 2.45) is 0 Å². The normalized spacial score (nSPS) is 12.3. The molecule has 0 saturated heterocycles. The van der Waals surface area contributed by atoms with Crippen LogP contribution < -0.4 is 9.47 Å². The van der Waals surface area contributed by atoms with E-state index >= 15 is 0 Å². The molecule has 21 heavy (non-hydrogen) atoms. The van der Waals surface area contributed by atoms with Gasteiger partial charge in [-0.3, -0.25) is 0 Å². The van der Waals surface area contributed by atoms with Gasteiger partial charge in [0.05, 0.1) is 18.0 Å². The van der Waals surface area contributed by atoms with Gasteiger partial charge in [-0.15, -0.1) is 0 Å². The molecule has 0 bridgehead atoms. The van der Waals surface area contributed by atoms with Gasteiger partial charge in [-0.25, -0.2) is 0 Å². The van der Waals surface area contributed by atoms with Gasteiger partial charge < -0.3 is 9.47 Å². The van der Waals surface area contributed by atoms with E-state index in [9.17, 15) is 0 Å². The number of ether oxygens (including phenoxy) is 2. The molecule has 0 aliphatic heterocycles. The van der Waals surface area contributed by atoms with Crippen molar-refractivity contribution in [3.8, 4) is 11.5 Å². The highest BCUT2D eigenvalue weighted by Crippen LogP contribution is 2.38. The summed E-state index contributed by atoms with van der Waals surface area (Å²) in [7, 11) is 1.67. The SMILES string of the molecule is COc1ccc(C(Br)c2cccc(OC(C)C)c2)c(Br)c1. The van der Waals surface area contributed by atoms with E-state index in [1.165, 1.54) is 0 Å². The predicted molar refractivity (Wildman–Crippen MR) is 93.7 cm³/mol. The molecule has 2 rings (SSSR count). The fraction of sp³-hybridized carbons (Fsp3) is 0.294. The Labute approximate surface area is 142 Å². The maximum atomic E-state index is 5.76. The van der Waals surface area contributed by atoms with Crippen LogP contribution in [0.3, 0.4) is 0 Å². The van der Waals surface area contributed by atoms with Crippen molar-refractivity contribution in [2.75, 3.05) is 7.11 Å². The van der Waals surface area contributed by atoms with E-state index in [-0.39, 0.29) is 10.9 Å². The van der Waals surface area contributed by atoms with Crippen molar-refractivity contribution in [3.63, 3.8) is 0 Å². The third-order valence-electron chi connectivity index (χ3n) is 3.00. The van der Waals surface area contributed by atoms with Gasteiger partial charge in [-0.2, -0.15) is 0 Å². The molecule has 2 nitrogen and oxygen atoms in total. The molecule has 0 aromatic heterocycles. The summed E-state index contributed by atoms with van der Waals surface area (Å²) >= 11 is 7.37. The topological polar surface area (TPSA) is 18.5 Å². The molecule has 1 unspecified atom stereocenters. The Morgan fingerprint density at radius 2 is 1.76 bits per heavy atom. The number of halogens is 2. The van der Waals surface area contributed by atoms with E-state index < -0.39 is 0 Å². The van der Waals surface area contributed by atoms with Gasteiger partial charge in [0, 0.05) is 4.47 Å². The fourth-order valence-corrected chi connectivity index (χ4v) is 3.62. The first-order chi connectivity index (χ1) is 10.0. The number of benzene rings is 2. The maximum Gasteiger partial charge on any atom is 0.120 e. The average molecular weight is 414 g/mol. The van der Waals surface area contributed by atoms with Crippen molar-refractivity contribution < 1.29 is 9.47 Å². The van der Waals surface area contributed by atoms with Crippen molar-refractivity contribution >= 4 is 31.9 Å². The largest absolute Gasteiger partial charge is 0.497 e. The van der Waals surface area contributed by atoms with Crippen LogP contribution in [0.4, 0.5) is 0 Å². The molecule has 0 amide bonds. The molecule has 0 heterocycles. The minimum absolute atomic E-state index is 0.0912. The Hall–Kier alpha value is -1.00. The van der Waals surface area contributed by atoms with Crippen molar-refractivity contribution in [1.29, 1.82) is 0 Å². The molecule has 0 saturated carbocycles. The second-order valence-electron chi connectivity index (χ2n) is 4.99. The van der Waals surface area contributed by atoms with Gasteiger partial charge in [-0.05, 0) is 49.2 Å². The highest BCUT2D eigenvalue weighted by molar-refractivity contribution is 9.11. The Morgan fingerprint density at radius 3 is 2.38 bits per heavy atom. The number of rotatable bonds is 5. The van der Waals surface area contributed by atoms with Crippen LogP contribution >= 0.6 is 31.9 Å². The molecule has 0 aliphatic rings. The lowest BCUT2D eigenvalue weighted by atomic mass is 10.0. The second-order valence-corrected chi connectivity index (χ2v) is 6.76. The number of methoxy groups -OCH3 is 1. The summed E-state index contributed by atoms with van der Waals surface area (Å²) in [5, 5.41) is 0. The Morgan fingerprint density at radius 1 is 1.00 bits per heavy atom. The monoisotopic (exact) mass is 412 g/mol. The van der Waals surface area contributed by atoms with Gasteiger partial charge >= 0.3 is 0 Å². The molecule has 4 heteroatoms. The van der Waals surface area contributed by atoms with Crippen LogP contribution in [0.5, 0.6) is 11.5 Å². The van der Waals surface area contributed by atoms with Gasteiger partial charge in [-0.1, -0.05) is 50.1 Å². The molecule has 1 atom stereocenters. The van der Waals surface area contributed by atoms with Crippen LogP contribution in [0.1, 0.15) is 29.8 Å². The van der Waals surface area contributed by atoms with E-state index in [0.29, 0.717) is 0 Å². The van der Waals surface area contributed by atoms with Crippen molar-refractivity contribution in [2.45, 2.75) is 24.8 Å². The summed E-state index contributed by atoms with van der Waals surface area (Å²) in [6, 6.07) is 14.1. The molecule has 0 N–H and O–H groups in total. The number of alkyl halides is 1. The van der Waals surface area contributed by atoms with E-state index in [1.54, 1.807) is 7.11 Å². The Bertz CT molecular complexity index is 611. The lowest BCUT2D eigenvalue weighted by molar-refractivity contribution is 0.242. The fourth-order valence-electron chi connectivity index (χ4n) is 2.04. The van der Waals surface area contributed by atoms with Crippen LogP contribution in [0.25, 0.3) is 0 Å². The zero-order valence-corrected chi connectivity index (χ0v) is 15.4. The Balaban J connectivity index is 2.29. The molecule has 2 aromatic carbocycles. The molecule has 2 aromatic rings. The molecular weight excluding hydrogens is 396 g/mol. The van der Waals surface area contributed by atoms with Crippen molar-refractivity contribution in [3.05, 3.63) is 58.1 Å². The first kappa shape index (κ1) is 16.4. The summed E-state index contributed by atoms with van der Waals surface area (Å²) in [6.07, 6.45) is 0.168. The minimum atomic E-state index is 0.0912. The predicted octanol–water partition coefficient (Wildman–Crippen LogP) is 5.73. The van der Waals surface area contributed by atoms with E-state index in [2.05, 4.69) is 50.1 Å². The summed E-state index contributed by atoms with van der Waals surface area (Å²) < 4.78 is 12.0. The average Bonchev–Trinajstić information content (AvgIpc) is 2.46. The summed E-state index contributed by atoms with van der Waals surface area (Å²) in [4.78, 5) is 0.0912. The van der Waals surface area contributed by atoms with Crippen LogP contribution in [-0.4, -0.2) is 13.2 Å². The molecule has 0 aliphatic carbocycles. The zero-order chi connectivity index (χ0) is 15.4. The van der Waals surface area contributed by atoms with Gasteiger partial charge in [0.15, 0.2) is 0 Å². The van der Waals surface area contributed by atoms with Crippen LogP contribution in [0.15, 0.2) is 46.9 Å². The van der Waals surface area contributed by atoms with E-state index in [4.69, 9.17) is 9.47 Å². The smallest absolute Gasteiger partial charge is 0.120 e.